The maximum atomic E-state index is 13.4. The molecule has 1 aliphatic heterocycles. The lowest BCUT2D eigenvalue weighted by molar-refractivity contribution is -0.164. The van der Waals surface area contributed by atoms with Gasteiger partial charge in [-0.15, -0.1) is 0 Å². The lowest BCUT2D eigenvalue weighted by atomic mass is 9.84. The summed E-state index contributed by atoms with van der Waals surface area (Å²) in [4.78, 5) is 26.6. The number of amides is 1. The number of nitrogens with zero attached hydrogens (tertiary/aromatic N) is 1. The Kier molecular flexibility index (Phi) is 7.40. The largest absolute Gasteiger partial charge is 0.462 e. The topological polar surface area (TPSA) is 114 Å². The van der Waals surface area contributed by atoms with E-state index in [2.05, 4.69) is 15.8 Å². The zero-order chi connectivity index (χ0) is 24.0. The van der Waals surface area contributed by atoms with Crippen molar-refractivity contribution in [2.45, 2.75) is 25.4 Å². The maximum Gasteiger partial charge on any atom is 0.347 e. The number of aryl methyl sites for hydroxylation is 1. The highest BCUT2D eigenvalue weighted by atomic mass is 16.6. The second-order valence-electron chi connectivity index (χ2n) is 8.55. The van der Waals surface area contributed by atoms with Crippen LogP contribution in [0.3, 0.4) is 0 Å². The summed E-state index contributed by atoms with van der Waals surface area (Å²) in [7, 11) is 0. The lowest BCUT2D eigenvalue weighted by Gasteiger charge is -2.31. The Hall–Kier alpha value is -3.49. The second-order valence-corrected chi connectivity index (χ2v) is 8.55. The normalized spacial score (nSPS) is 15.5. The van der Waals surface area contributed by atoms with E-state index >= 15 is 0 Å². The number of hydrogen-bond donors (Lipinski definition) is 3. The van der Waals surface area contributed by atoms with Gasteiger partial charge in [0.2, 0.25) is 11.5 Å². The van der Waals surface area contributed by atoms with E-state index in [9.17, 15) is 14.7 Å². The summed E-state index contributed by atoms with van der Waals surface area (Å²) < 4.78 is 10.7. The predicted octanol–water partition coefficient (Wildman–Crippen LogP) is 3.02. The van der Waals surface area contributed by atoms with Gasteiger partial charge in [0.05, 0.1) is 5.92 Å². The molecule has 8 heteroatoms. The summed E-state index contributed by atoms with van der Waals surface area (Å²) in [5.74, 6) is -0.805. The number of nitrogens with one attached hydrogen (secondary N) is 2. The minimum absolute atomic E-state index is 0.0172. The van der Waals surface area contributed by atoms with Gasteiger partial charge in [0, 0.05) is 6.07 Å². The van der Waals surface area contributed by atoms with Gasteiger partial charge in [0.15, 0.2) is 5.82 Å². The van der Waals surface area contributed by atoms with Crippen molar-refractivity contribution in [3.8, 4) is 0 Å². The molecule has 1 fully saturated rings. The number of benzene rings is 2. The fourth-order valence-electron chi connectivity index (χ4n) is 4.35. The molecule has 3 aromatic rings. The first-order valence-electron chi connectivity index (χ1n) is 11.4. The smallest absolute Gasteiger partial charge is 0.347 e. The first kappa shape index (κ1) is 23.7. The average molecular weight is 464 g/mol. The summed E-state index contributed by atoms with van der Waals surface area (Å²) in [6, 6.07) is 19.0. The monoisotopic (exact) mass is 463 g/mol. The third-order valence-corrected chi connectivity index (χ3v) is 6.24. The van der Waals surface area contributed by atoms with Crippen molar-refractivity contribution in [3.05, 3.63) is 83.6 Å². The van der Waals surface area contributed by atoms with Crippen LogP contribution in [0.25, 0.3) is 0 Å². The Morgan fingerprint density at radius 1 is 1.12 bits per heavy atom. The fourth-order valence-corrected chi connectivity index (χ4v) is 4.35. The number of ether oxygens (including phenoxy) is 1. The van der Waals surface area contributed by atoms with Crippen molar-refractivity contribution in [1.82, 2.24) is 10.5 Å². The number of rotatable bonds is 8. The van der Waals surface area contributed by atoms with Gasteiger partial charge in [-0.25, -0.2) is 4.79 Å². The summed E-state index contributed by atoms with van der Waals surface area (Å²) in [5, 5.41) is 21.5. The quantitative estimate of drug-likeness (QED) is 0.440. The number of carbonyl (C=O) groups excluding carboxylic acids is 2. The summed E-state index contributed by atoms with van der Waals surface area (Å²) in [5.41, 5.74) is -1.21. The molecule has 1 saturated heterocycles. The minimum Gasteiger partial charge on any atom is -0.462 e. The highest BCUT2D eigenvalue weighted by molar-refractivity contribution is 5.92. The molecule has 1 amide bonds. The molecule has 4 rings (SSSR count). The van der Waals surface area contributed by atoms with Crippen LogP contribution in [-0.4, -0.2) is 41.8 Å². The SMILES string of the molecule is Cc1cc(NC(=O)C(COC(=O)C(O)(c2ccccc2)c2ccccc2)C2CCNCC2)no1. The molecular formula is C26H29N3O5. The Balaban J connectivity index is 1.56. The van der Waals surface area contributed by atoms with Crippen LogP contribution in [0, 0.1) is 18.8 Å². The van der Waals surface area contributed by atoms with Gasteiger partial charge in [-0.05, 0) is 49.9 Å². The molecule has 2 heterocycles. The van der Waals surface area contributed by atoms with Crippen molar-refractivity contribution in [2.24, 2.45) is 11.8 Å². The van der Waals surface area contributed by atoms with Crippen molar-refractivity contribution >= 4 is 17.7 Å². The van der Waals surface area contributed by atoms with Gasteiger partial charge in [-0.2, -0.15) is 0 Å². The van der Waals surface area contributed by atoms with E-state index in [0.29, 0.717) is 22.7 Å². The molecule has 1 unspecified atom stereocenters. The number of aliphatic hydroxyl groups is 1. The highest BCUT2D eigenvalue weighted by Gasteiger charge is 2.42. The summed E-state index contributed by atoms with van der Waals surface area (Å²) in [6.07, 6.45) is 1.55. The molecule has 0 spiro atoms. The average Bonchev–Trinajstić information content (AvgIpc) is 3.29. The van der Waals surface area contributed by atoms with Crippen LogP contribution in [0.15, 0.2) is 71.3 Å². The van der Waals surface area contributed by atoms with E-state index in [1.165, 1.54) is 0 Å². The third kappa shape index (κ3) is 5.18. The molecule has 0 radical (unpaired) electrons. The van der Waals surface area contributed by atoms with Crippen molar-refractivity contribution in [3.63, 3.8) is 0 Å². The van der Waals surface area contributed by atoms with Crippen molar-refractivity contribution in [1.29, 1.82) is 0 Å². The maximum absolute atomic E-state index is 13.4. The molecule has 8 nitrogen and oxygen atoms in total. The fraction of sp³-hybridized carbons (Fsp3) is 0.346. The van der Waals surface area contributed by atoms with Crippen molar-refractivity contribution < 1.29 is 24.0 Å². The number of carbonyl (C=O) groups is 2. The molecule has 1 aliphatic rings. The molecule has 1 aromatic heterocycles. The zero-order valence-electron chi connectivity index (χ0n) is 19.1. The Bertz CT molecular complexity index is 1050. The van der Waals surface area contributed by atoms with E-state index in [0.717, 1.165) is 25.9 Å². The standard InChI is InChI=1S/C26H29N3O5/c1-18-16-23(29-34-18)28-24(30)22(19-12-14-27-15-13-19)17-33-25(31)26(32,20-8-4-2-5-9-20)21-10-6-3-7-11-21/h2-11,16,19,22,27,32H,12-15,17H2,1H3,(H,28,29,30). The first-order valence-corrected chi connectivity index (χ1v) is 11.4. The van der Waals surface area contributed by atoms with Crippen LogP contribution < -0.4 is 10.6 Å². The molecular weight excluding hydrogens is 434 g/mol. The van der Waals surface area contributed by atoms with E-state index in [-0.39, 0.29) is 18.4 Å². The van der Waals surface area contributed by atoms with Crippen LogP contribution in [-0.2, 0) is 19.9 Å². The molecule has 0 bridgehead atoms. The number of hydrogen-bond acceptors (Lipinski definition) is 7. The number of piperidine rings is 1. The van der Waals surface area contributed by atoms with Crippen LogP contribution in [0.4, 0.5) is 5.82 Å². The van der Waals surface area contributed by atoms with Gasteiger partial charge in [-0.3, -0.25) is 4.79 Å². The zero-order valence-corrected chi connectivity index (χ0v) is 19.1. The highest BCUT2D eigenvalue weighted by Crippen LogP contribution is 2.32. The van der Waals surface area contributed by atoms with Crippen LogP contribution in [0.5, 0.6) is 0 Å². The molecule has 1 atom stereocenters. The van der Waals surface area contributed by atoms with Crippen LogP contribution in [0.2, 0.25) is 0 Å². The van der Waals surface area contributed by atoms with Gasteiger partial charge < -0.3 is 25.0 Å². The first-order chi connectivity index (χ1) is 16.5. The Labute approximate surface area is 198 Å². The number of esters is 1. The van der Waals surface area contributed by atoms with E-state index in [1.807, 2.05) is 12.1 Å². The molecule has 0 saturated carbocycles. The Morgan fingerprint density at radius 2 is 1.71 bits per heavy atom. The summed E-state index contributed by atoms with van der Waals surface area (Å²) >= 11 is 0. The molecule has 2 aromatic carbocycles. The van der Waals surface area contributed by atoms with E-state index < -0.39 is 17.5 Å². The van der Waals surface area contributed by atoms with Gasteiger partial charge >= 0.3 is 5.97 Å². The summed E-state index contributed by atoms with van der Waals surface area (Å²) in [6.45, 7) is 3.14. The molecule has 3 N–H and O–H groups in total. The van der Waals surface area contributed by atoms with Crippen LogP contribution >= 0.6 is 0 Å². The van der Waals surface area contributed by atoms with E-state index in [1.54, 1.807) is 61.5 Å². The molecule has 178 valence electrons. The number of aromatic nitrogens is 1. The van der Waals surface area contributed by atoms with Gasteiger partial charge in [-0.1, -0.05) is 65.8 Å². The van der Waals surface area contributed by atoms with E-state index in [4.69, 9.17) is 9.26 Å². The molecule has 34 heavy (non-hydrogen) atoms. The minimum atomic E-state index is -2.00. The number of anilines is 1. The third-order valence-electron chi connectivity index (χ3n) is 6.24. The second kappa shape index (κ2) is 10.6. The Morgan fingerprint density at radius 3 is 2.24 bits per heavy atom. The van der Waals surface area contributed by atoms with Crippen LogP contribution in [0.1, 0.15) is 29.7 Å². The van der Waals surface area contributed by atoms with Gasteiger partial charge in [0.1, 0.15) is 12.4 Å². The molecule has 0 aliphatic carbocycles. The van der Waals surface area contributed by atoms with Crippen molar-refractivity contribution in [2.75, 3.05) is 25.0 Å². The van der Waals surface area contributed by atoms with Gasteiger partial charge in [0.25, 0.3) is 0 Å². The lowest BCUT2D eigenvalue weighted by Crippen LogP contribution is -2.43. The predicted molar refractivity (Wildman–Crippen MR) is 126 cm³/mol.